The molecule has 0 amide bonds. The van der Waals surface area contributed by atoms with E-state index in [1.165, 1.54) is 24.7 Å². The van der Waals surface area contributed by atoms with Gasteiger partial charge in [0.2, 0.25) is 10.0 Å². The molecule has 1 heterocycles. The van der Waals surface area contributed by atoms with E-state index in [2.05, 4.69) is 0 Å². The molecule has 1 aromatic rings. The molecule has 20 heavy (non-hydrogen) atoms. The first kappa shape index (κ1) is 16.7. The van der Waals surface area contributed by atoms with Gasteiger partial charge in [0.15, 0.2) is 0 Å². The molecule has 0 saturated carbocycles. The fourth-order valence-corrected chi connectivity index (χ4v) is 3.17. The molecule has 8 heteroatoms. The molecule has 1 atom stereocenters. The Bertz CT molecular complexity index is 577. The molecule has 0 aliphatic heterocycles. The van der Waals surface area contributed by atoms with Gasteiger partial charge in [-0.1, -0.05) is 6.92 Å². The molecule has 0 aliphatic carbocycles. The van der Waals surface area contributed by atoms with E-state index in [0.717, 1.165) is 10.4 Å². The summed E-state index contributed by atoms with van der Waals surface area (Å²) in [4.78, 5) is 11.0. The average molecular weight is 304 g/mol. The van der Waals surface area contributed by atoms with Crippen molar-refractivity contribution in [3.05, 3.63) is 18.0 Å². The number of aryl methyl sites for hydroxylation is 1. The molecule has 114 valence electrons. The molecule has 1 unspecified atom stereocenters. The van der Waals surface area contributed by atoms with Crippen molar-refractivity contribution in [1.82, 2.24) is 8.87 Å². The molecule has 0 radical (unpaired) electrons. The van der Waals surface area contributed by atoms with Crippen molar-refractivity contribution < 1.29 is 23.4 Å². The minimum Gasteiger partial charge on any atom is -0.477 e. The summed E-state index contributed by atoms with van der Waals surface area (Å²) in [6.45, 7) is 3.73. The number of likely N-dealkylation sites (N-methyl/N-ethyl adjacent to an activating group) is 1. The van der Waals surface area contributed by atoms with E-state index in [1.807, 2.05) is 6.92 Å². The fraction of sp³-hybridized carbons (Fsp3) is 0.583. The van der Waals surface area contributed by atoms with Crippen LogP contribution in [0.1, 0.15) is 30.8 Å². The lowest BCUT2D eigenvalue weighted by molar-refractivity contribution is 0.0685. The van der Waals surface area contributed by atoms with E-state index in [9.17, 15) is 18.3 Å². The van der Waals surface area contributed by atoms with Crippen molar-refractivity contribution in [2.45, 2.75) is 37.8 Å². The number of nitrogens with zero attached hydrogens (tertiary/aromatic N) is 2. The summed E-state index contributed by atoms with van der Waals surface area (Å²) in [5, 5.41) is 18.3. The van der Waals surface area contributed by atoms with Crippen molar-refractivity contribution in [3.63, 3.8) is 0 Å². The number of sulfonamides is 1. The van der Waals surface area contributed by atoms with Crippen LogP contribution in [0.15, 0.2) is 17.2 Å². The predicted molar refractivity (Wildman–Crippen MR) is 73.2 cm³/mol. The van der Waals surface area contributed by atoms with Crippen LogP contribution < -0.4 is 0 Å². The lowest BCUT2D eigenvalue weighted by atomic mass is 10.4. The van der Waals surface area contributed by atoms with Gasteiger partial charge < -0.3 is 14.8 Å². The molecule has 1 aromatic heterocycles. The zero-order chi connectivity index (χ0) is 15.5. The number of aromatic carboxylic acids is 1. The van der Waals surface area contributed by atoms with Gasteiger partial charge in [-0.05, 0) is 19.4 Å². The van der Waals surface area contributed by atoms with Crippen LogP contribution in [0, 0.1) is 0 Å². The predicted octanol–water partition coefficient (Wildman–Crippen LogP) is 0.598. The second-order valence-corrected chi connectivity index (χ2v) is 6.74. The van der Waals surface area contributed by atoms with E-state index in [4.69, 9.17) is 5.11 Å². The molecule has 0 bridgehead atoms. The highest BCUT2D eigenvalue weighted by Gasteiger charge is 2.25. The zero-order valence-electron chi connectivity index (χ0n) is 11.8. The van der Waals surface area contributed by atoms with Crippen molar-refractivity contribution in [2.75, 3.05) is 13.6 Å². The molecule has 0 spiro atoms. The number of aromatic nitrogens is 1. The third-order valence-corrected chi connectivity index (χ3v) is 4.57. The summed E-state index contributed by atoms with van der Waals surface area (Å²) in [7, 11) is -2.45. The fourth-order valence-electron chi connectivity index (χ4n) is 1.88. The van der Waals surface area contributed by atoms with E-state index in [-0.39, 0.29) is 17.1 Å². The topological polar surface area (TPSA) is 99.8 Å². The number of hydrogen-bond donors (Lipinski definition) is 2. The summed E-state index contributed by atoms with van der Waals surface area (Å²) in [6, 6.07) is 1.14. The number of aliphatic hydroxyl groups is 1. The maximum Gasteiger partial charge on any atom is 0.352 e. The maximum atomic E-state index is 12.3. The molecule has 1 rings (SSSR count). The SMILES string of the molecule is CCCn1cc(S(=O)(=O)N(C)CC(C)O)cc1C(=O)O. The molecular weight excluding hydrogens is 284 g/mol. The van der Waals surface area contributed by atoms with Crippen molar-refractivity contribution >= 4 is 16.0 Å². The van der Waals surface area contributed by atoms with Crippen molar-refractivity contribution in [1.29, 1.82) is 0 Å². The Morgan fingerprint density at radius 2 is 2.10 bits per heavy atom. The van der Waals surface area contributed by atoms with E-state index >= 15 is 0 Å². The summed E-state index contributed by atoms with van der Waals surface area (Å²) in [5.74, 6) is -1.17. The number of rotatable bonds is 7. The lowest BCUT2D eigenvalue weighted by Crippen LogP contribution is -2.32. The van der Waals surface area contributed by atoms with Crippen LogP contribution in [0.25, 0.3) is 0 Å². The van der Waals surface area contributed by atoms with Crippen LogP contribution in [-0.2, 0) is 16.6 Å². The Labute approximate surface area is 118 Å². The highest BCUT2D eigenvalue weighted by atomic mass is 32.2. The first-order chi connectivity index (χ1) is 9.20. The highest BCUT2D eigenvalue weighted by Crippen LogP contribution is 2.19. The average Bonchev–Trinajstić information content (AvgIpc) is 2.73. The molecule has 0 saturated heterocycles. The zero-order valence-corrected chi connectivity index (χ0v) is 12.6. The Hall–Kier alpha value is -1.38. The highest BCUT2D eigenvalue weighted by molar-refractivity contribution is 7.89. The van der Waals surface area contributed by atoms with Gasteiger partial charge in [-0.3, -0.25) is 0 Å². The van der Waals surface area contributed by atoms with Crippen molar-refractivity contribution in [3.8, 4) is 0 Å². The molecule has 0 fully saturated rings. The molecule has 2 N–H and O–H groups in total. The van der Waals surface area contributed by atoms with E-state index in [0.29, 0.717) is 13.0 Å². The monoisotopic (exact) mass is 304 g/mol. The summed E-state index contributed by atoms with van der Waals surface area (Å²) < 4.78 is 27.0. The van der Waals surface area contributed by atoms with Gasteiger partial charge in [-0.25, -0.2) is 13.2 Å². The van der Waals surface area contributed by atoms with Gasteiger partial charge in [0.25, 0.3) is 0 Å². The number of carboxylic acid groups (broad SMARTS) is 1. The third kappa shape index (κ3) is 3.59. The minimum atomic E-state index is -3.80. The molecule has 0 aliphatic rings. The molecule has 7 nitrogen and oxygen atoms in total. The van der Waals surface area contributed by atoms with Gasteiger partial charge in [0, 0.05) is 26.3 Å². The van der Waals surface area contributed by atoms with Gasteiger partial charge in [-0.2, -0.15) is 4.31 Å². The summed E-state index contributed by atoms with van der Waals surface area (Å²) in [6.07, 6.45) is 1.21. The number of carboxylic acids is 1. The van der Waals surface area contributed by atoms with E-state index in [1.54, 1.807) is 0 Å². The van der Waals surface area contributed by atoms with E-state index < -0.39 is 22.1 Å². The minimum absolute atomic E-state index is 0.0519. The molecule has 0 aromatic carbocycles. The van der Waals surface area contributed by atoms with Crippen LogP contribution in [-0.4, -0.2) is 53.2 Å². The second kappa shape index (κ2) is 6.38. The Morgan fingerprint density at radius 3 is 2.55 bits per heavy atom. The number of hydrogen-bond acceptors (Lipinski definition) is 4. The van der Waals surface area contributed by atoms with Crippen LogP contribution in [0.3, 0.4) is 0 Å². The van der Waals surface area contributed by atoms with Crippen LogP contribution in [0.5, 0.6) is 0 Å². The first-order valence-electron chi connectivity index (χ1n) is 6.28. The largest absolute Gasteiger partial charge is 0.477 e. The van der Waals surface area contributed by atoms with Gasteiger partial charge in [-0.15, -0.1) is 0 Å². The quantitative estimate of drug-likeness (QED) is 0.768. The van der Waals surface area contributed by atoms with Crippen LogP contribution in [0.4, 0.5) is 0 Å². The van der Waals surface area contributed by atoms with Crippen molar-refractivity contribution in [2.24, 2.45) is 0 Å². The smallest absolute Gasteiger partial charge is 0.352 e. The van der Waals surface area contributed by atoms with Gasteiger partial charge >= 0.3 is 5.97 Å². The number of carbonyl (C=O) groups is 1. The summed E-state index contributed by atoms with van der Waals surface area (Å²) in [5.41, 5.74) is -0.0594. The van der Waals surface area contributed by atoms with Crippen LogP contribution in [0.2, 0.25) is 0 Å². The standard InChI is InChI=1S/C12H20N2O5S/c1-4-5-14-8-10(6-11(14)12(16)17)20(18,19)13(3)7-9(2)15/h6,8-9,15H,4-5,7H2,1-3H3,(H,16,17). The normalized spacial score (nSPS) is 13.7. The van der Waals surface area contributed by atoms with Gasteiger partial charge in [0.1, 0.15) is 10.6 Å². The maximum absolute atomic E-state index is 12.3. The lowest BCUT2D eigenvalue weighted by Gasteiger charge is -2.17. The summed E-state index contributed by atoms with van der Waals surface area (Å²) >= 11 is 0. The molecular formula is C12H20N2O5S. The number of aliphatic hydroxyl groups excluding tert-OH is 1. The Kier molecular flexibility index (Phi) is 5.32. The second-order valence-electron chi connectivity index (χ2n) is 4.69. The Balaban J connectivity index is 3.19. The Morgan fingerprint density at radius 1 is 1.50 bits per heavy atom. The van der Waals surface area contributed by atoms with Gasteiger partial charge in [0.05, 0.1) is 6.10 Å². The first-order valence-corrected chi connectivity index (χ1v) is 7.72. The third-order valence-electron chi connectivity index (χ3n) is 2.78. The van der Waals surface area contributed by atoms with Crippen LogP contribution >= 0.6 is 0 Å².